The largest absolute Gasteiger partial charge is 0.482 e. The number of amides is 2. The van der Waals surface area contributed by atoms with E-state index in [4.69, 9.17) is 13.9 Å². The molecule has 7 nitrogen and oxygen atoms in total. The third kappa shape index (κ3) is 3.00. The van der Waals surface area contributed by atoms with Gasteiger partial charge in [0.25, 0.3) is 11.8 Å². The summed E-state index contributed by atoms with van der Waals surface area (Å²) in [7, 11) is 0. The molecule has 2 aliphatic heterocycles. The highest BCUT2D eigenvalue weighted by Crippen LogP contribution is 2.34. The molecular weight excluding hydrogens is 336 g/mol. The monoisotopic (exact) mass is 356 g/mol. The molecule has 0 saturated carbocycles. The summed E-state index contributed by atoms with van der Waals surface area (Å²) in [4.78, 5) is 28.7. The predicted molar refractivity (Wildman–Crippen MR) is 92.1 cm³/mol. The van der Waals surface area contributed by atoms with Gasteiger partial charge in [-0.1, -0.05) is 12.1 Å². The summed E-state index contributed by atoms with van der Waals surface area (Å²) < 4.78 is 16.7. The minimum Gasteiger partial charge on any atom is -0.482 e. The van der Waals surface area contributed by atoms with Crippen LogP contribution in [0.4, 0.5) is 0 Å². The van der Waals surface area contributed by atoms with Crippen molar-refractivity contribution < 1.29 is 23.5 Å². The normalized spacial score (nSPS) is 22.2. The number of para-hydroxylation sites is 2. The lowest BCUT2D eigenvalue weighted by Gasteiger charge is -2.38. The number of carbonyl (C=O) groups is 2. The number of nitrogens with zero attached hydrogens (tertiary/aromatic N) is 2. The lowest BCUT2D eigenvalue weighted by Crippen LogP contribution is -2.56. The number of hydrogen-bond donors (Lipinski definition) is 0. The molecule has 1 saturated heterocycles. The molecule has 0 aliphatic carbocycles. The standard InChI is InChI=1S/C19H20N2O5/c1-13-17(26-16-5-3-2-4-15(16)25-13)19(23)21-9-7-20(8-10-21)18(22)14-6-11-24-12-14/h2-6,11-13,17H,7-10H2,1H3. The molecule has 1 fully saturated rings. The molecule has 0 radical (unpaired) electrons. The second-order valence-electron chi connectivity index (χ2n) is 6.44. The van der Waals surface area contributed by atoms with Crippen molar-refractivity contribution in [3.05, 3.63) is 48.4 Å². The lowest BCUT2D eigenvalue weighted by molar-refractivity contribution is -0.145. The van der Waals surface area contributed by atoms with Crippen molar-refractivity contribution >= 4 is 11.8 Å². The van der Waals surface area contributed by atoms with E-state index in [2.05, 4.69) is 0 Å². The Hall–Kier alpha value is -2.96. The van der Waals surface area contributed by atoms with Crippen LogP contribution in [0.5, 0.6) is 11.5 Å². The second kappa shape index (κ2) is 6.74. The van der Waals surface area contributed by atoms with Gasteiger partial charge < -0.3 is 23.7 Å². The zero-order chi connectivity index (χ0) is 18.1. The summed E-state index contributed by atoms with van der Waals surface area (Å²) >= 11 is 0. The van der Waals surface area contributed by atoms with Crippen LogP contribution < -0.4 is 9.47 Å². The number of fused-ring (bicyclic) bond motifs is 1. The number of furan rings is 1. The molecule has 3 heterocycles. The van der Waals surface area contributed by atoms with Gasteiger partial charge in [0.05, 0.1) is 11.8 Å². The molecule has 1 aromatic heterocycles. The number of ether oxygens (including phenoxy) is 2. The van der Waals surface area contributed by atoms with E-state index in [0.29, 0.717) is 43.2 Å². The van der Waals surface area contributed by atoms with Gasteiger partial charge in [-0.15, -0.1) is 0 Å². The summed E-state index contributed by atoms with van der Waals surface area (Å²) in [6.45, 7) is 3.73. The maximum Gasteiger partial charge on any atom is 0.267 e. The zero-order valence-electron chi connectivity index (χ0n) is 14.5. The molecule has 136 valence electrons. The van der Waals surface area contributed by atoms with Crippen molar-refractivity contribution in [3.63, 3.8) is 0 Å². The Labute approximate surface area is 151 Å². The maximum absolute atomic E-state index is 12.9. The maximum atomic E-state index is 12.9. The average Bonchev–Trinajstić information content (AvgIpc) is 3.21. The van der Waals surface area contributed by atoms with Crippen LogP contribution in [-0.4, -0.2) is 60.0 Å². The number of piperazine rings is 1. The van der Waals surface area contributed by atoms with E-state index in [0.717, 1.165) is 0 Å². The van der Waals surface area contributed by atoms with Crippen LogP contribution in [0.3, 0.4) is 0 Å². The molecule has 4 rings (SSSR count). The second-order valence-corrected chi connectivity index (χ2v) is 6.44. The van der Waals surface area contributed by atoms with Gasteiger partial charge in [-0.05, 0) is 25.1 Å². The van der Waals surface area contributed by atoms with Crippen molar-refractivity contribution in [2.75, 3.05) is 26.2 Å². The Morgan fingerprint density at radius 2 is 1.62 bits per heavy atom. The highest BCUT2D eigenvalue weighted by molar-refractivity contribution is 5.94. The summed E-state index contributed by atoms with van der Waals surface area (Å²) in [5.41, 5.74) is 0.527. The fraction of sp³-hybridized carbons (Fsp3) is 0.368. The zero-order valence-corrected chi connectivity index (χ0v) is 14.5. The van der Waals surface area contributed by atoms with Gasteiger partial charge in [0.15, 0.2) is 11.5 Å². The van der Waals surface area contributed by atoms with Gasteiger partial charge in [-0.2, -0.15) is 0 Å². The Morgan fingerprint density at radius 3 is 2.27 bits per heavy atom. The van der Waals surface area contributed by atoms with Crippen LogP contribution >= 0.6 is 0 Å². The van der Waals surface area contributed by atoms with Gasteiger partial charge in [0.2, 0.25) is 6.10 Å². The van der Waals surface area contributed by atoms with Crippen LogP contribution in [0.2, 0.25) is 0 Å². The van der Waals surface area contributed by atoms with Crippen LogP contribution in [0.25, 0.3) is 0 Å². The van der Waals surface area contributed by atoms with Gasteiger partial charge in [-0.3, -0.25) is 9.59 Å². The van der Waals surface area contributed by atoms with Crippen LogP contribution in [0.15, 0.2) is 47.3 Å². The fourth-order valence-electron chi connectivity index (χ4n) is 3.27. The first kappa shape index (κ1) is 16.5. The van der Waals surface area contributed by atoms with Gasteiger partial charge in [-0.25, -0.2) is 0 Å². The van der Waals surface area contributed by atoms with E-state index in [-0.39, 0.29) is 17.9 Å². The Kier molecular flexibility index (Phi) is 4.28. The SMILES string of the molecule is CC1Oc2ccccc2OC1C(=O)N1CCN(C(=O)c2ccoc2)CC1. The number of hydrogen-bond acceptors (Lipinski definition) is 5. The van der Waals surface area contributed by atoms with Crippen molar-refractivity contribution in [2.45, 2.75) is 19.1 Å². The molecule has 2 atom stereocenters. The molecule has 1 aromatic carbocycles. The van der Waals surface area contributed by atoms with E-state index in [1.54, 1.807) is 21.9 Å². The molecule has 2 unspecified atom stereocenters. The summed E-state index contributed by atoms with van der Waals surface area (Å²) in [6, 6.07) is 8.98. The molecule has 0 spiro atoms. The van der Waals surface area contributed by atoms with Gasteiger partial charge >= 0.3 is 0 Å². The molecule has 26 heavy (non-hydrogen) atoms. The molecule has 0 N–H and O–H groups in total. The summed E-state index contributed by atoms with van der Waals surface area (Å²) in [5, 5.41) is 0. The highest BCUT2D eigenvalue weighted by Gasteiger charge is 2.38. The molecular formula is C19H20N2O5. The van der Waals surface area contributed by atoms with Gasteiger partial charge in [0, 0.05) is 26.2 Å². The average molecular weight is 356 g/mol. The smallest absolute Gasteiger partial charge is 0.267 e. The molecule has 2 aromatic rings. The van der Waals surface area contributed by atoms with Crippen LogP contribution in [0.1, 0.15) is 17.3 Å². The fourth-order valence-corrected chi connectivity index (χ4v) is 3.27. The molecule has 2 amide bonds. The predicted octanol–water partition coefficient (Wildman–Crippen LogP) is 1.79. The molecule has 0 bridgehead atoms. The van der Waals surface area contributed by atoms with Crippen molar-refractivity contribution in [1.82, 2.24) is 9.80 Å². The quantitative estimate of drug-likeness (QED) is 0.820. The van der Waals surface area contributed by atoms with E-state index in [1.807, 2.05) is 25.1 Å². The number of benzene rings is 1. The minimum atomic E-state index is -0.680. The van der Waals surface area contributed by atoms with Crippen molar-refractivity contribution in [3.8, 4) is 11.5 Å². The van der Waals surface area contributed by atoms with Crippen LogP contribution in [0, 0.1) is 0 Å². The third-order valence-electron chi connectivity index (χ3n) is 4.73. The number of carbonyl (C=O) groups excluding carboxylic acids is 2. The first-order valence-corrected chi connectivity index (χ1v) is 8.66. The summed E-state index contributed by atoms with van der Waals surface area (Å²) in [5.74, 6) is 1.05. The van der Waals surface area contributed by atoms with E-state index >= 15 is 0 Å². The highest BCUT2D eigenvalue weighted by atomic mass is 16.6. The Morgan fingerprint density at radius 1 is 0.962 bits per heavy atom. The third-order valence-corrected chi connectivity index (χ3v) is 4.73. The first-order chi connectivity index (χ1) is 12.6. The van der Waals surface area contributed by atoms with E-state index < -0.39 is 6.10 Å². The van der Waals surface area contributed by atoms with Crippen LogP contribution in [-0.2, 0) is 4.79 Å². The lowest BCUT2D eigenvalue weighted by atomic mass is 10.1. The Balaban J connectivity index is 1.39. The van der Waals surface area contributed by atoms with Gasteiger partial charge in [0.1, 0.15) is 12.4 Å². The van der Waals surface area contributed by atoms with E-state index in [1.165, 1.54) is 12.5 Å². The summed E-state index contributed by atoms with van der Waals surface area (Å²) in [6.07, 6.45) is 1.86. The minimum absolute atomic E-state index is 0.0783. The topological polar surface area (TPSA) is 72.2 Å². The first-order valence-electron chi connectivity index (χ1n) is 8.66. The van der Waals surface area contributed by atoms with Crippen molar-refractivity contribution in [2.24, 2.45) is 0 Å². The number of rotatable bonds is 2. The van der Waals surface area contributed by atoms with Crippen molar-refractivity contribution in [1.29, 1.82) is 0 Å². The molecule has 2 aliphatic rings. The Bertz CT molecular complexity index is 796. The van der Waals surface area contributed by atoms with E-state index in [9.17, 15) is 9.59 Å². The molecule has 7 heteroatoms.